The lowest BCUT2D eigenvalue weighted by molar-refractivity contribution is 0.168. The summed E-state index contributed by atoms with van der Waals surface area (Å²) in [6.07, 6.45) is 3.06. The minimum absolute atomic E-state index is 0.419. The molecule has 0 aliphatic heterocycles. The largest absolute Gasteiger partial charge is 0.387 e. The van der Waals surface area contributed by atoms with E-state index in [9.17, 15) is 5.11 Å². The number of rotatable bonds is 9. The van der Waals surface area contributed by atoms with Crippen molar-refractivity contribution in [2.75, 3.05) is 6.54 Å². The van der Waals surface area contributed by atoms with Gasteiger partial charge in [0.2, 0.25) is 0 Å². The van der Waals surface area contributed by atoms with Gasteiger partial charge in [-0.25, -0.2) is 0 Å². The Kier molecular flexibility index (Phi) is 7.98. The van der Waals surface area contributed by atoms with Gasteiger partial charge in [0, 0.05) is 12.6 Å². The minimum Gasteiger partial charge on any atom is -0.387 e. The van der Waals surface area contributed by atoms with E-state index in [0.29, 0.717) is 18.5 Å². The van der Waals surface area contributed by atoms with Crippen LogP contribution in [-0.2, 0) is 6.42 Å². The van der Waals surface area contributed by atoms with E-state index in [1.165, 1.54) is 12.0 Å². The van der Waals surface area contributed by atoms with E-state index in [0.717, 1.165) is 24.3 Å². The molecule has 1 aromatic carbocycles. The Morgan fingerprint density at radius 1 is 1.05 bits per heavy atom. The van der Waals surface area contributed by atoms with Crippen LogP contribution in [0.3, 0.4) is 0 Å². The molecule has 2 N–H and O–H groups in total. The molecule has 2 nitrogen and oxygen atoms in total. The quantitative estimate of drug-likeness (QED) is 0.709. The third-order valence-electron chi connectivity index (χ3n) is 4.12. The van der Waals surface area contributed by atoms with E-state index >= 15 is 0 Å². The van der Waals surface area contributed by atoms with Crippen molar-refractivity contribution in [3.63, 3.8) is 0 Å². The average Bonchev–Trinajstić information content (AvgIpc) is 2.44. The molecule has 0 saturated heterocycles. The van der Waals surface area contributed by atoms with E-state index in [4.69, 9.17) is 0 Å². The molecule has 0 bridgehead atoms. The molecular formula is C19H33NO. The van der Waals surface area contributed by atoms with E-state index in [2.05, 4.69) is 64.2 Å². The molecule has 0 spiro atoms. The summed E-state index contributed by atoms with van der Waals surface area (Å²) in [5.74, 6) is 1.41. The van der Waals surface area contributed by atoms with Gasteiger partial charge in [0.1, 0.15) is 0 Å². The van der Waals surface area contributed by atoms with Gasteiger partial charge in [0.25, 0.3) is 0 Å². The molecule has 0 radical (unpaired) electrons. The van der Waals surface area contributed by atoms with Crippen LogP contribution in [0.4, 0.5) is 0 Å². The predicted octanol–water partition coefficient (Wildman–Crippen LogP) is 4.33. The summed E-state index contributed by atoms with van der Waals surface area (Å²) < 4.78 is 0. The molecule has 0 fully saturated rings. The summed E-state index contributed by atoms with van der Waals surface area (Å²) in [5.41, 5.74) is 2.35. The second-order valence-electron chi connectivity index (χ2n) is 6.91. The van der Waals surface area contributed by atoms with Crippen LogP contribution in [0.15, 0.2) is 24.3 Å². The molecule has 1 aromatic rings. The zero-order chi connectivity index (χ0) is 15.8. The Labute approximate surface area is 131 Å². The summed E-state index contributed by atoms with van der Waals surface area (Å²) in [6, 6.07) is 8.85. The van der Waals surface area contributed by atoms with Crippen molar-refractivity contribution in [1.82, 2.24) is 5.32 Å². The maximum atomic E-state index is 10.3. The fourth-order valence-corrected chi connectivity index (χ4v) is 2.63. The molecule has 0 heterocycles. The summed E-state index contributed by atoms with van der Waals surface area (Å²) in [6.45, 7) is 11.8. The third-order valence-corrected chi connectivity index (χ3v) is 4.12. The third kappa shape index (κ3) is 7.10. The minimum atomic E-state index is -0.419. The first-order chi connectivity index (χ1) is 9.92. The molecular weight excluding hydrogens is 258 g/mol. The van der Waals surface area contributed by atoms with Crippen LogP contribution in [-0.4, -0.2) is 17.7 Å². The number of aliphatic hydroxyl groups excluding tert-OH is 1. The fourth-order valence-electron chi connectivity index (χ4n) is 2.63. The molecule has 0 amide bonds. The second-order valence-corrected chi connectivity index (χ2v) is 6.91. The van der Waals surface area contributed by atoms with E-state index in [1.807, 2.05) is 0 Å². The van der Waals surface area contributed by atoms with E-state index < -0.39 is 6.10 Å². The van der Waals surface area contributed by atoms with Crippen molar-refractivity contribution in [3.8, 4) is 0 Å². The Hall–Kier alpha value is -0.860. The van der Waals surface area contributed by atoms with E-state index in [1.54, 1.807) is 0 Å². The molecule has 1 rings (SSSR count). The molecule has 0 saturated carbocycles. The van der Waals surface area contributed by atoms with Crippen LogP contribution in [0.25, 0.3) is 0 Å². The normalized spacial score (nSPS) is 16.0. The number of benzene rings is 1. The molecule has 21 heavy (non-hydrogen) atoms. The standard InChI is InChI=1S/C19H33NO/c1-6-15(4)12-16(5)20-13-19(21)18-9-7-17(8-10-18)11-14(2)3/h7-10,14-16,19-21H,6,11-13H2,1-5H3. The fraction of sp³-hybridized carbons (Fsp3) is 0.684. The topological polar surface area (TPSA) is 32.3 Å². The van der Waals surface area contributed by atoms with Crippen LogP contribution in [0.2, 0.25) is 0 Å². The van der Waals surface area contributed by atoms with Crippen LogP contribution >= 0.6 is 0 Å². The first kappa shape index (κ1) is 18.2. The van der Waals surface area contributed by atoms with Gasteiger partial charge in [-0.15, -0.1) is 0 Å². The second kappa shape index (κ2) is 9.22. The highest BCUT2D eigenvalue weighted by atomic mass is 16.3. The molecule has 2 heteroatoms. The molecule has 3 unspecified atom stereocenters. The zero-order valence-corrected chi connectivity index (χ0v) is 14.4. The van der Waals surface area contributed by atoms with Gasteiger partial charge >= 0.3 is 0 Å². The molecule has 0 aliphatic carbocycles. The molecule has 0 aliphatic rings. The Morgan fingerprint density at radius 3 is 2.19 bits per heavy atom. The van der Waals surface area contributed by atoms with Crippen molar-refractivity contribution in [3.05, 3.63) is 35.4 Å². The SMILES string of the molecule is CCC(C)CC(C)NCC(O)c1ccc(CC(C)C)cc1. The summed E-state index contributed by atoms with van der Waals surface area (Å²) >= 11 is 0. The van der Waals surface area contributed by atoms with Crippen molar-refractivity contribution >= 4 is 0 Å². The smallest absolute Gasteiger partial charge is 0.0914 e. The Bertz CT molecular complexity index is 385. The Morgan fingerprint density at radius 2 is 1.67 bits per heavy atom. The molecule has 3 atom stereocenters. The van der Waals surface area contributed by atoms with Crippen LogP contribution in [0, 0.1) is 11.8 Å². The van der Waals surface area contributed by atoms with Crippen LogP contribution in [0.5, 0.6) is 0 Å². The lowest BCUT2D eigenvalue weighted by Gasteiger charge is -2.20. The van der Waals surface area contributed by atoms with Crippen LogP contribution < -0.4 is 5.32 Å². The number of hydrogen-bond acceptors (Lipinski definition) is 2. The first-order valence-corrected chi connectivity index (χ1v) is 8.42. The summed E-state index contributed by atoms with van der Waals surface area (Å²) in [7, 11) is 0. The monoisotopic (exact) mass is 291 g/mol. The van der Waals surface area contributed by atoms with Crippen LogP contribution in [0.1, 0.15) is 64.7 Å². The van der Waals surface area contributed by atoms with Gasteiger partial charge in [0.05, 0.1) is 6.10 Å². The van der Waals surface area contributed by atoms with Gasteiger partial charge in [-0.05, 0) is 42.7 Å². The van der Waals surface area contributed by atoms with Crippen molar-refractivity contribution in [2.45, 2.75) is 66.0 Å². The number of nitrogens with one attached hydrogen (secondary N) is 1. The highest BCUT2D eigenvalue weighted by molar-refractivity contribution is 5.24. The highest BCUT2D eigenvalue weighted by Crippen LogP contribution is 2.16. The summed E-state index contributed by atoms with van der Waals surface area (Å²) in [5, 5.41) is 13.7. The maximum absolute atomic E-state index is 10.3. The van der Waals surface area contributed by atoms with Gasteiger partial charge in [-0.3, -0.25) is 0 Å². The Balaban J connectivity index is 2.42. The van der Waals surface area contributed by atoms with Gasteiger partial charge in [0.15, 0.2) is 0 Å². The van der Waals surface area contributed by atoms with Gasteiger partial charge in [-0.2, -0.15) is 0 Å². The van der Waals surface area contributed by atoms with Crippen molar-refractivity contribution in [2.24, 2.45) is 11.8 Å². The lowest BCUT2D eigenvalue weighted by Crippen LogP contribution is -2.31. The van der Waals surface area contributed by atoms with E-state index in [-0.39, 0.29) is 0 Å². The predicted molar refractivity (Wildman–Crippen MR) is 91.5 cm³/mol. The number of aliphatic hydroxyl groups is 1. The average molecular weight is 291 g/mol. The van der Waals surface area contributed by atoms with Crippen molar-refractivity contribution in [1.29, 1.82) is 0 Å². The highest BCUT2D eigenvalue weighted by Gasteiger charge is 2.11. The molecule has 120 valence electrons. The van der Waals surface area contributed by atoms with Gasteiger partial charge in [-0.1, -0.05) is 58.4 Å². The first-order valence-electron chi connectivity index (χ1n) is 8.42. The zero-order valence-electron chi connectivity index (χ0n) is 14.4. The number of hydrogen-bond donors (Lipinski definition) is 2. The van der Waals surface area contributed by atoms with Crippen molar-refractivity contribution < 1.29 is 5.11 Å². The lowest BCUT2D eigenvalue weighted by atomic mass is 9.99. The summed E-state index contributed by atoms with van der Waals surface area (Å²) in [4.78, 5) is 0. The van der Waals surface area contributed by atoms with Gasteiger partial charge < -0.3 is 10.4 Å². The maximum Gasteiger partial charge on any atom is 0.0914 e. The molecule has 0 aromatic heterocycles.